The molecule has 0 aromatic rings. The van der Waals surface area contributed by atoms with E-state index in [1.54, 1.807) is 0 Å². The predicted octanol–water partition coefficient (Wildman–Crippen LogP) is 8.90. The summed E-state index contributed by atoms with van der Waals surface area (Å²) in [6.07, 6.45) is 26.9. The number of hydrogen-bond acceptors (Lipinski definition) is 3. The van der Waals surface area contributed by atoms with Crippen LogP contribution in [-0.2, 0) is 9.63 Å². The molecule has 0 rings (SSSR count). The molecule has 3 heteroatoms. The predicted molar refractivity (Wildman–Crippen MR) is 132 cm³/mol. The Hall–Kier alpha value is -0.570. The van der Waals surface area contributed by atoms with Gasteiger partial charge in [0.1, 0.15) is 0 Å². The van der Waals surface area contributed by atoms with E-state index in [1.165, 1.54) is 103 Å². The summed E-state index contributed by atoms with van der Waals surface area (Å²) >= 11 is 0. The molecule has 0 aliphatic heterocycles. The van der Waals surface area contributed by atoms with Crippen molar-refractivity contribution in [3.63, 3.8) is 0 Å². The van der Waals surface area contributed by atoms with Crippen molar-refractivity contribution >= 4 is 5.97 Å². The molecule has 1 unspecified atom stereocenters. The van der Waals surface area contributed by atoms with Crippen LogP contribution in [0, 0.1) is 5.92 Å². The molecule has 180 valence electrons. The SMILES string of the molecule is CCCCCCCCCCCCCCNOC(=O)C(CCC)CCCCCCCC. The second-order valence-electron chi connectivity index (χ2n) is 9.25. The molecule has 0 aromatic carbocycles. The number of unbranched alkanes of at least 4 members (excludes halogenated alkanes) is 16. The Balaban J connectivity index is 3.51. The van der Waals surface area contributed by atoms with E-state index < -0.39 is 0 Å². The molecular formula is C27H55NO2. The highest BCUT2D eigenvalue weighted by atomic mass is 16.7. The van der Waals surface area contributed by atoms with E-state index in [4.69, 9.17) is 4.84 Å². The lowest BCUT2D eigenvalue weighted by Crippen LogP contribution is -2.26. The molecule has 0 saturated heterocycles. The summed E-state index contributed by atoms with van der Waals surface area (Å²) < 4.78 is 0. The van der Waals surface area contributed by atoms with Crippen LogP contribution in [0.25, 0.3) is 0 Å². The average Bonchev–Trinajstić information content (AvgIpc) is 2.75. The molecule has 1 N–H and O–H groups in total. The Bertz CT molecular complexity index is 346. The highest BCUT2D eigenvalue weighted by molar-refractivity contribution is 5.72. The first-order chi connectivity index (χ1) is 14.8. The summed E-state index contributed by atoms with van der Waals surface area (Å²) in [5.41, 5.74) is 2.93. The van der Waals surface area contributed by atoms with E-state index in [0.29, 0.717) is 0 Å². The minimum absolute atomic E-state index is 0.0376. The van der Waals surface area contributed by atoms with Gasteiger partial charge in [-0.3, -0.25) is 4.79 Å². The minimum atomic E-state index is -0.0376. The van der Waals surface area contributed by atoms with Crippen molar-refractivity contribution in [2.75, 3.05) is 6.54 Å². The lowest BCUT2D eigenvalue weighted by Gasteiger charge is -2.15. The Labute approximate surface area is 189 Å². The number of rotatable bonds is 24. The van der Waals surface area contributed by atoms with Crippen molar-refractivity contribution in [1.29, 1.82) is 0 Å². The molecule has 0 spiro atoms. The van der Waals surface area contributed by atoms with Crippen LogP contribution >= 0.6 is 0 Å². The third kappa shape index (κ3) is 20.7. The first-order valence-corrected chi connectivity index (χ1v) is 13.7. The van der Waals surface area contributed by atoms with E-state index in [1.807, 2.05) is 0 Å². The maximum atomic E-state index is 12.3. The van der Waals surface area contributed by atoms with Gasteiger partial charge in [0.2, 0.25) is 0 Å². The number of nitrogens with one attached hydrogen (secondary N) is 1. The van der Waals surface area contributed by atoms with Gasteiger partial charge in [0.15, 0.2) is 0 Å². The van der Waals surface area contributed by atoms with Gasteiger partial charge in [0.05, 0.1) is 5.92 Å². The van der Waals surface area contributed by atoms with Crippen molar-refractivity contribution in [3.05, 3.63) is 0 Å². The molecule has 0 amide bonds. The fourth-order valence-corrected chi connectivity index (χ4v) is 4.14. The van der Waals surface area contributed by atoms with Gasteiger partial charge in [-0.1, -0.05) is 136 Å². The summed E-state index contributed by atoms with van der Waals surface area (Å²) in [6, 6.07) is 0. The Morgan fingerprint density at radius 2 is 1.00 bits per heavy atom. The van der Waals surface area contributed by atoms with Gasteiger partial charge < -0.3 is 4.84 Å². The maximum absolute atomic E-state index is 12.3. The monoisotopic (exact) mass is 425 g/mol. The molecule has 0 bridgehead atoms. The van der Waals surface area contributed by atoms with Gasteiger partial charge in [0.25, 0.3) is 0 Å². The van der Waals surface area contributed by atoms with Gasteiger partial charge in [-0.05, 0) is 19.3 Å². The smallest absolute Gasteiger partial charge is 0.327 e. The van der Waals surface area contributed by atoms with Crippen LogP contribution in [0.4, 0.5) is 0 Å². The lowest BCUT2D eigenvalue weighted by atomic mass is 9.96. The molecule has 1 atom stereocenters. The fraction of sp³-hybridized carbons (Fsp3) is 0.963. The summed E-state index contributed by atoms with van der Waals surface area (Å²) in [7, 11) is 0. The third-order valence-electron chi connectivity index (χ3n) is 6.18. The quantitative estimate of drug-likeness (QED) is 0.124. The van der Waals surface area contributed by atoms with E-state index in [0.717, 1.165) is 38.6 Å². The van der Waals surface area contributed by atoms with Crippen molar-refractivity contribution in [2.24, 2.45) is 5.92 Å². The molecular weight excluding hydrogens is 370 g/mol. The van der Waals surface area contributed by atoms with Crippen LogP contribution in [0.2, 0.25) is 0 Å². The van der Waals surface area contributed by atoms with Gasteiger partial charge in [-0.2, -0.15) is 5.48 Å². The van der Waals surface area contributed by atoms with Gasteiger partial charge in [-0.25, -0.2) is 0 Å². The van der Waals surface area contributed by atoms with Crippen molar-refractivity contribution < 1.29 is 9.63 Å². The minimum Gasteiger partial charge on any atom is -0.370 e. The molecule has 0 heterocycles. The Morgan fingerprint density at radius 1 is 0.567 bits per heavy atom. The highest BCUT2D eigenvalue weighted by Gasteiger charge is 2.18. The number of carbonyl (C=O) groups excluding carboxylic acids is 1. The first-order valence-electron chi connectivity index (χ1n) is 13.7. The van der Waals surface area contributed by atoms with E-state index >= 15 is 0 Å². The van der Waals surface area contributed by atoms with Crippen LogP contribution in [-0.4, -0.2) is 12.5 Å². The van der Waals surface area contributed by atoms with E-state index in [2.05, 4.69) is 26.3 Å². The number of hydrogen-bond donors (Lipinski definition) is 1. The molecule has 0 aliphatic carbocycles. The normalized spacial score (nSPS) is 12.2. The zero-order chi connectivity index (χ0) is 22.1. The Morgan fingerprint density at radius 3 is 1.47 bits per heavy atom. The zero-order valence-corrected chi connectivity index (χ0v) is 21.0. The third-order valence-corrected chi connectivity index (χ3v) is 6.18. The summed E-state index contributed by atoms with van der Waals surface area (Å²) in [6.45, 7) is 7.47. The number of carbonyl (C=O) groups is 1. The summed E-state index contributed by atoms with van der Waals surface area (Å²) in [5.74, 6) is 0.0417. The van der Waals surface area contributed by atoms with Crippen molar-refractivity contribution in [1.82, 2.24) is 5.48 Å². The first kappa shape index (κ1) is 29.4. The average molecular weight is 426 g/mol. The van der Waals surface area contributed by atoms with Gasteiger partial charge in [0, 0.05) is 6.54 Å². The maximum Gasteiger partial charge on any atom is 0.327 e. The molecule has 0 aromatic heterocycles. The highest BCUT2D eigenvalue weighted by Crippen LogP contribution is 2.18. The van der Waals surface area contributed by atoms with Gasteiger partial charge >= 0.3 is 5.97 Å². The van der Waals surface area contributed by atoms with E-state index in [-0.39, 0.29) is 11.9 Å². The molecule has 0 radical (unpaired) electrons. The van der Waals surface area contributed by atoms with Crippen LogP contribution in [0.5, 0.6) is 0 Å². The topological polar surface area (TPSA) is 38.3 Å². The summed E-state index contributed by atoms with van der Waals surface area (Å²) in [4.78, 5) is 17.7. The summed E-state index contributed by atoms with van der Waals surface area (Å²) in [5, 5.41) is 0. The molecule has 0 fully saturated rings. The van der Waals surface area contributed by atoms with Crippen LogP contribution in [0.15, 0.2) is 0 Å². The fourth-order valence-electron chi connectivity index (χ4n) is 4.14. The molecule has 3 nitrogen and oxygen atoms in total. The zero-order valence-electron chi connectivity index (χ0n) is 21.0. The van der Waals surface area contributed by atoms with Crippen molar-refractivity contribution in [2.45, 2.75) is 156 Å². The molecule has 30 heavy (non-hydrogen) atoms. The Kier molecular flexibility index (Phi) is 24.2. The van der Waals surface area contributed by atoms with E-state index in [9.17, 15) is 4.79 Å². The van der Waals surface area contributed by atoms with Crippen LogP contribution < -0.4 is 5.48 Å². The standard InChI is InChI=1S/C27H55NO2/c1-4-7-9-11-13-14-15-16-17-18-20-22-25-28-30-27(29)26(23-6-3)24-21-19-12-10-8-5-2/h26,28H,4-25H2,1-3H3. The second-order valence-corrected chi connectivity index (χ2v) is 9.25. The second kappa shape index (κ2) is 24.7. The van der Waals surface area contributed by atoms with Gasteiger partial charge in [-0.15, -0.1) is 0 Å². The van der Waals surface area contributed by atoms with Crippen LogP contribution in [0.1, 0.15) is 156 Å². The lowest BCUT2D eigenvalue weighted by molar-refractivity contribution is -0.156. The van der Waals surface area contributed by atoms with Crippen molar-refractivity contribution in [3.8, 4) is 0 Å². The molecule has 0 saturated carbocycles. The van der Waals surface area contributed by atoms with Crippen LogP contribution in [0.3, 0.4) is 0 Å². The number of hydroxylamine groups is 1. The largest absolute Gasteiger partial charge is 0.370 e. The molecule has 0 aliphatic rings.